The maximum absolute atomic E-state index is 12.9. The number of nitrogens with zero attached hydrogens (tertiary/aromatic N) is 1. The summed E-state index contributed by atoms with van der Waals surface area (Å²) in [5.74, 6) is -0.297. The van der Waals surface area contributed by atoms with Gasteiger partial charge >= 0.3 is 0 Å². The summed E-state index contributed by atoms with van der Waals surface area (Å²) in [5, 5.41) is 15.6. The summed E-state index contributed by atoms with van der Waals surface area (Å²) < 4.78 is 16.3. The summed E-state index contributed by atoms with van der Waals surface area (Å²) >= 11 is 1.59. The summed E-state index contributed by atoms with van der Waals surface area (Å²) in [6.45, 7) is 3.21. The third kappa shape index (κ3) is 5.25. The quantitative estimate of drug-likeness (QED) is 0.528. The summed E-state index contributed by atoms with van der Waals surface area (Å²) in [5.41, 5.74) is 0.708. The smallest absolute Gasteiger partial charge is 0.123 e. The van der Waals surface area contributed by atoms with Gasteiger partial charge in [-0.25, -0.2) is 4.39 Å². The van der Waals surface area contributed by atoms with Gasteiger partial charge in [0.2, 0.25) is 0 Å². The minimum atomic E-state index is -0.649. The molecule has 0 saturated carbocycles. The number of aliphatic hydroxyl groups is 1. The molecule has 136 valence electrons. The second kappa shape index (κ2) is 9.09. The Hall–Kier alpha value is -1.99. The van der Waals surface area contributed by atoms with E-state index in [9.17, 15) is 9.50 Å². The van der Waals surface area contributed by atoms with Crippen LogP contribution in [0.2, 0.25) is 0 Å². The largest absolute Gasteiger partial charge is 0.387 e. The number of aliphatic hydroxyl groups excluding tert-OH is 1. The van der Waals surface area contributed by atoms with Gasteiger partial charge in [-0.1, -0.05) is 18.2 Å². The van der Waals surface area contributed by atoms with Crippen molar-refractivity contribution in [3.8, 4) is 0 Å². The molecule has 0 aliphatic carbocycles. The molecule has 1 heterocycles. The van der Waals surface area contributed by atoms with E-state index in [0.29, 0.717) is 18.7 Å². The zero-order valence-corrected chi connectivity index (χ0v) is 15.3. The average Bonchev–Trinajstić information content (AvgIpc) is 2.66. The predicted molar refractivity (Wildman–Crippen MR) is 104 cm³/mol. The first-order valence-electron chi connectivity index (χ1n) is 8.52. The first kappa shape index (κ1) is 18.8. The Kier molecular flexibility index (Phi) is 6.57. The van der Waals surface area contributed by atoms with Crippen LogP contribution in [-0.2, 0) is 0 Å². The number of halogens is 1. The number of aromatic nitrogens is 1. The highest BCUT2D eigenvalue weighted by Gasteiger charge is 2.09. The van der Waals surface area contributed by atoms with Crippen LogP contribution < -0.4 is 10.0 Å². The van der Waals surface area contributed by atoms with E-state index >= 15 is 0 Å². The van der Waals surface area contributed by atoms with Crippen LogP contribution in [0.5, 0.6) is 0 Å². The van der Waals surface area contributed by atoms with Gasteiger partial charge in [-0.15, -0.1) is 0 Å². The highest BCUT2D eigenvalue weighted by molar-refractivity contribution is 7.97. The third-order valence-corrected chi connectivity index (χ3v) is 5.04. The molecule has 0 aliphatic rings. The highest BCUT2D eigenvalue weighted by atomic mass is 32.2. The van der Waals surface area contributed by atoms with Crippen molar-refractivity contribution in [1.29, 1.82) is 0 Å². The van der Waals surface area contributed by atoms with Crippen LogP contribution in [-0.4, -0.2) is 29.2 Å². The van der Waals surface area contributed by atoms with E-state index in [0.717, 1.165) is 10.3 Å². The van der Waals surface area contributed by atoms with Crippen LogP contribution in [0.4, 0.5) is 4.39 Å². The summed E-state index contributed by atoms with van der Waals surface area (Å²) in [6.07, 6.45) is 3.00. The van der Waals surface area contributed by atoms with Crippen LogP contribution >= 0.6 is 11.9 Å². The van der Waals surface area contributed by atoms with Crippen molar-refractivity contribution in [2.45, 2.75) is 24.0 Å². The molecule has 0 bridgehead atoms. The zero-order chi connectivity index (χ0) is 18.4. The molecule has 6 heteroatoms. The SMILES string of the molecule is CC(CNC[C@@H](O)c1ccc(F)cc1)NSc1ccc2cnccc2c1. The van der Waals surface area contributed by atoms with Gasteiger partial charge in [0, 0.05) is 41.8 Å². The number of hydrogen-bond donors (Lipinski definition) is 3. The number of rotatable bonds is 8. The number of fused-ring (bicyclic) bond motifs is 1. The number of benzene rings is 2. The van der Waals surface area contributed by atoms with E-state index < -0.39 is 6.10 Å². The van der Waals surface area contributed by atoms with Gasteiger partial charge in [0.15, 0.2) is 0 Å². The van der Waals surface area contributed by atoms with Crippen LogP contribution in [0.25, 0.3) is 10.8 Å². The van der Waals surface area contributed by atoms with Crippen molar-refractivity contribution >= 4 is 22.7 Å². The Morgan fingerprint density at radius 2 is 1.88 bits per heavy atom. The van der Waals surface area contributed by atoms with Gasteiger partial charge < -0.3 is 10.4 Å². The average molecular weight is 371 g/mol. The second-order valence-electron chi connectivity index (χ2n) is 6.23. The summed E-state index contributed by atoms with van der Waals surface area (Å²) in [4.78, 5) is 5.26. The van der Waals surface area contributed by atoms with Gasteiger partial charge in [-0.05, 0) is 60.2 Å². The Labute approximate surface area is 157 Å². The van der Waals surface area contributed by atoms with E-state index in [1.807, 2.05) is 12.3 Å². The fourth-order valence-electron chi connectivity index (χ4n) is 2.57. The maximum Gasteiger partial charge on any atom is 0.123 e. The number of pyridine rings is 1. The molecule has 26 heavy (non-hydrogen) atoms. The molecule has 2 aromatic carbocycles. The Bertz CT molecular complexity index is 844. The highest BCUT2D eigenvalue weighted by Crippen LogP contribution is 2.21. The first-order chi connectivity index (χ1) is 12.6. The summed E-state index contributed by atoms with van der Waals surface area (Å²) in [6, 6.07) is 14.4. The van der Waals surface area contributed by atoms with Crippen LogP contribution in [0, 0.1) is 5.82 Å². The second-order valence-corrected chi connectivity index (χ2v) is 7.14. The lowest BCUT2D eigenvalue weighted by molar-refractivity contribution is 0.174. The molecular weight excluding hydrogens is 349 g/mol. The van der Waals surface area contributed by atoms with Crippen LogP contribution in [0.3, 0.4) is 0 Å². The minimum absolute atomic E-state index is 0.216. The van der Waals surface area contributed by atoms with E-state index in [4.69, 9.17) is 0 Å². The molecule has 0 saturated heterocycles. The van der Waals surface area contributed by atoms with Gasteiger partial charge in [0.25, 0.3) is 0 Å². The fourth-order valence-corrected chi connectivity index (χ4v) is 3.32. The molecule has 0 amide bonds. The third-order valence-electron chi connectivity index (χ3n) is 4.03. The van der Waals surface area contributed by atoms with E-state index in [-0.39, 0.29) is 11.9 Å². The maximum atomic E-state index is 12.9. The molecule has 4 nitrogen and oxygen atoms in total. The molecule has 0 radical (unpaired) electrons. The predicted octanol–water partition coefficient (Wildman–Crippen LogP) is 3.68. The molecule has 3 aromatic rings. The number of hydrogen-bond acceptors (Lipinski definition) is 5. The van der Waals surface area contributed by atoms with Crippen molar-refractivity contribution in [2.24, 2.45) is 0 Å². The molecule has 2 atom stereocenters. The van der Waals surface area contributed by atoms with Crippen LogP contribution in [0.15, 0.2) is 65.8 Å². The van der Waals surface area contributed by atoms with Crippen molar-refractivity contribution < 1.29 is 9.50 Å². The van der Waals surface area contributed by atoms with E-state index in [1.54, 1.807) is 30.3 Å². The van der Waals surface area contributed by atoms with Crippen molar-refractivity contribution in [2.75, 3.05) is 13.1 Å². The standard InChI is InChI=1S/C20H22FN3OS/c1-14(11-23-13-20(25)15-2-5-18(21)6-3-15)24-26-19-7-4-17-12-22-9-8-16(17)10-19/h2-10,12,14,20,23-25H,11,13H2,1H3/t14?,20-/m1/s1. The zero-order valence-electron chi connectivity index (χ0n) is 14.5. The summed E-state index contributed by atoms with van der Waals surface area (Å²) in [7, 11) is 0. The fraction of sp³-hybridized carbons (Fsp3) is 0.250. The van der Waals surface area contributed by atoms with Crippen LogP contribution in [0.1, 0.15) is 18.6 Å². The lowest BCUT2D eigenvalue weighted by Gasteiger charge is -2.16. The van der Waals surface area contributed by atoms with Gasteiger partial charge in [-0.3, -0.25) is 9.71 Å². The topological polar surface area (TPSA) is 57.2 Å². The molecule has 3 rings (SSSR count). The van der Waals surface area contributed by atoms with Gasteiger partial charge in [-0.2, -0.15) is 0 Å². The Morgan fingerprint density at radius 3 is 2.69 bits per heavy atom. The van der Waals surface area contributed by atoms with Gasteiger partial charge in [0.05, 0.1) is 6.10 Å². The molecule has 0 spiro atoms. The molecular formula is C20H22FN3OS. The molecule has 1 aromatic heterocycles. The van der Waals surface area contributed by atoms with E-state index in [1.165, 1.54) is 17.5 Å². The minimum Gasteiger partial charge on any atom is -0.387 e. The number of nitrogens with one attached hydrogen (secondary N) is 2. The normalized spacial score (nSPS) is 13.7. The molecule has 0 aliphatic heterocycles. The van der Waals surface area contributed by atoms with Crippen molar-refractivity contribution in [3.05, 3.63) is 72.3 Å². The molecule has 3 N–H and O–H groups in total. The molecule has 0 fully saturated rings. The monoisotopic (exact) mass is 371 g/mol. The Morgan fingerprint density at radius 1 is 1.08 bits per heavy atom. The lowest BCUT2D eigenvalue weighted by Crippen LogP contribution is -2.34. The van der Waals surface area contributed by atoms with E-state index in [2.05, 4.69) is 40.1 Å². The first-order valence-corrected chi connectivity index (χ1v) is 9.34. The lowest BCUT2D eigenvalue weighted by atomic mass is 10.1. The van der Waals surface area contributed by atoms with Crippen molar-refractivity contribution in [3.63, 3.8) is 0 Å². The van der Waals surface area contributed by atoms with Gasteiger partial charge in [0.1, 0.15) is 5.82 Å². The Balaban J connectivity index is 1.42. The van der Waals surface area contributed by atoms with Crippen molar-refractivity contribution in [1.82, 2.24) is 15.0 Å². The molecule has 1 unspecified atom stereocenters.